The quantitative estimate of drug-likeness (QED) is 0.345. The van der Waals surface area contributed by atoms with Crippen LogP contribution in [0.3, 0.4) is 0 Å². The third-order valence-corrected chi connectivity index (χ3v) is 5.29. The summed E-state index contributed by atoms with van der Waals surface area (Å²) in [6.45, 7) is 5.92. The van der Waals surface area contributed by atoms with E-state index in [4.69, 9.17) is 19.2 Å². The Balaban J connectivity index is 1.49. The second kappa shape index (κ2) is 9.56. The molecule has 4 rings (SSSR count). The molecule has 31 heavy (non-hydrogen) atoms. The number of hydrogen-bond donors (Lipinski definition) is 0. The van der Waals surface area contributed by atoms with Crippen molar-refractivity contribution < 1.29 is 14.2 Å². The Labute approximate surface area is 183 Å². The highest BCUT2D eigenvalue weighted by Gasteiger charge is 2.12. The maximum Gasteiger partial charge on any atom is 0.161 e. The van der Waals surface area contributed by atoms with Gasteiger partial charge in [-0.1, -0.05) is 50.2 Å². The Morgan fingerprint density at radius 3 is 2.29 bits per heavy atom. The maximum absolute atomic E-state index is 6.05. The van der Waals surface area contributed by atoms with Crippen LogP contribution in [0.5, 0.6) is 17.2 Å². The minimum absolute atomic E-state index is 0.393. The van der Waals surface area contributed by atoms with Crippen LogP contribution in [-0.2, 0) is 13.2 Å². The van der Waals surface area contributed by atoms with Crippen LogP contribution >= 0.6 is 0 Å². The van der Waals surface area contributed by atoms with Gasteiger partial charge in [-0.05, 0) is 47.9 Å². The molecule has 0 spiro atoms. The Morgan fingerprint density at radius 1 is 0.839 bits per heavy atom. The number of para-hydroxylation sites is 4. The molecule has 0 N–H and O–H groups in total. The van der Waals surface area contributed by atoms with Gasteiger partial charge in [-0.3, -0.25) is 0 Å². The lowest BCUT2D eigenvalue weighted by Crippen LogP contribution is -2.13. The molecule has 4 aromatic rings. The lowest BCUT2D eigenvalue weighted by Gasteiger charge is -2.13. The largest absolute Gasteiger partial charge is 0.493 e. The fourth-order valence-corrected chi connectivity index (χ4v) is 3.57. The SMILES string of the molecule is COc1ccccc1OCCn1c(COc2ccc(C(C)C)cc2)nc2ccccc21. The molecular weight excluding hydrogens is 388 g/mol. The molecule has 0 unspecified atom stereocenters. The van der Waals surface area contributed by atoms with Gasteiger partial charge < -0.3 is 18.8 Å². The van der Waals surface area contributed by atoms with Gasteiger partial charge in [0.1, 0.15) is 24.8 Å². The van der Waals surface area contributed by atoms with E-state index in [-0.39, 0.29) is 0 Å². The van der Waals surface area contributed by atoms with E-state index in [0.717, 1.165) is 34.1 Å². The minimum Gasteiger partial charge on any atom is -0.493 e. The molecule has 0 atom stereocenters. The molecule has 0 aliphatic heterocycles. The van der Waals surface area contributed by atoms with Crippen LogP contribution in [0.2, 0.25) is 0 Å². The summed E-state index contributed by atoms with van der Waals surface area (Å²) < 4.78 is 19.6. The predicted molar refractivity (Wildman–Crippen MR) is 123 cm³/mol. The molecule has 3 aromatic carbocycles. The zero-order chi connectivity index (χ0) is 21.6. The fourth-order valence-electron chi connectivity index (χ4n) is 3.57. The number of imidazole rings is 1. The number of benzene rings is 3. The van der Waals surface area contributed by atoms with E-state index in [2.05, 4.69) is 36.6 Å². The third-order valence-electron chi connectivity index (χ3n) is 5.29. The monoisotopic (exact) mass is 416 g/mol. The molecule has 1 heterocycles. The standard InChI is InChI=1S/C26H28N2O3/c1-19(2)20-12-14-21(15-13-20)31-18-26-27-22-8-4-5-9-23(22)28(26)16-17-30-25-11-7-6-10-24(25)29-3/h4-15,19H,16-18H2,1-3H3. The van der Waals surface area contributed by atoms with E-state index in [0.29, 0.717) is 25.7 Å². The van der Waals surface area contributed by atoms with E-state index in [1.807, 2.05) is 54.6 Å². The van der Waals surface area contributed by atoms with Crippen LogP contribution in [0.25, 0.3) is 11.0 Å². The number of fused-ring (bicyclic) bond motifs is 1. The zero-order valence-electron chi connectivity index (χ0n) is 18.2. The Hall–Kier alpha value is -3.47. The average Bonchev–Trinajstić information content (AvgIpc) is 3.16. The van der Waals surface area contributed by atoms with Gasteiger partial charge in [0.05, 0.1) is 24.7 Å². The van der Waals surface area contributed by atoms with Crippen LogP contribution in [0.1, 0.15) is 31.2 Å². The Bertz CT molecular complexity index is 1130. The third kappa shape index (κ3) is 4.82. The van der Waals surface area contributed by atoms with Crippen molar-refractivity contribution in [3.05, 3.63) is 84.2 Å². The first kappa shape index (κ1) is 20.8. The van der Waals surface area contributed by atoms with Crippen molar-refractivity contribution in [3.8, 4) is 17.2 Å². The van der Waals surface area contributed by atoms with Gasteiger partial charge in [0.15, 0.2) is 11.5 Å². The van der Waals surface area contributed by atoms with Crippen molar-refractivity contribution in [1.29, 1.82) is 0 Å². The summed E-state index contributed by atoms with van der Waals surface area (Å²) in [6, 6.07) is 24.1. The summed E-state index contributed by atoms with van der Waals surface area (Å²) in [5, 5.41) is 0. The molecule has 0 aliphatic carbocycles. The highest BCUT2D eigenvalue weighted by Crippen LogP contribution is 2.26. The summed E-state index contributed by atoms with van der Waals surface area (Å²) in [5.41, 5.74) is 3.32. The van der Waals surface area contributed by atoms with Crippen LogP contribution in [-0.4, -0.2) is 23.3 Å². The second-order valence-corrected chi connectivity index (χ2v) is 7.68. The zero-order valence-corrected chi connectivity index (χ0v) is 18.2. The van der Waals surface area contributed by atoms with Crippen LogP contribution in [0.15, 0.2) is 72.8 Å². The molecular formula is C26H28N2O3. The Kier molecular flexibility index (Phi) is 6.41. The molecule has 1 aromatic heterocycles. The van der Waals surface area contributed by atoms with Crippen molar-refractivity contribution in [2.24, 2.45) is 0 Å². The first-order chi connectivity index (χ1) is 15.2. The molecule has 0 saturated carbocycles. The number of hydrogen-bond acceptors (Lipinski definition) is 4. The van der Waals surface area contributed by atoms with E-state index in [9.17, 15) is 0 Å². The molecule has 160 valence electrons. The number of rotatable bonds is 9. The van der Waals surface area contributed by atoms with Crippen molar-refractivity contribution in [3.63, 3.8) is 0 Å². The number of aromatic nitrogens is 2. The molecule has 0 fully saturated rings. The van der Waals surface area contributed by atoms with Gasteiger partial charge in [0.2, 0.25) is 0 Å². The molecule has 5 heteroatoms. The van der Waals surface area contributed by atoms with Gasteiger partial charge in [-0.2, -0.15) is 0 Å². The smallest absolute Gasteiger partial charge is 0.161 e. The molecule has 0 aliphatic rings. The summed E-state index contributed by atoms with van der Waals surface area (Å²) in [5.74, 6) is 3.68. The van der Waals surface area contributed by atoms with Gasteiger partial charge in [0, 0.05) is 0 Å². The summed E-state index contributed by atoms with van der Waals surface area (Å²) >= 11 is 0. The van der Waals surface area contributed by atoms with Gasteiger partial charge in [-0.25, -0.2) is 4.98 Å². The van der Waals surface area contributed by atoms with E-state index in [1.165, 1.54) is 5.56 Å². The maximum atomic E-state index is 6.05. The summed E-state index contributed by atoms with van der Waals surface area (Å²) in [6.07, 6.45) is 0. The fraction of sp³-hybridized carbons (Fsp3) is 0.269. The van der Waals surface area contributed by atoms with Crippen molar-refractivity contribution in [2.45, 2.75) is 32.9 Å². The molecule has 0 saturated heterocycles. The van der Waals surface area contributed by atoms with Crippen molar-refractivity contribution in [2.75, 3.05) is 13.7 Å². The number of methoxy groups -OCH3 is 1. The second-order valence-electron chi connectivity index (χ2n) is 7.68. The van der Waals surface area contributed by atoms with E-state index < -0.39 is 0 Å². The number of nitrogens with zero attached hydrogens (tertiary/aromatic N) is 2. The lowest BCUT2D eigenvalue weighted by molar-refractivity contribution is 0.264. The van der Waals surface area contributed by atoms with E-state index >= 15 is 0 Å². The first-order valence-corrected chi connectivity index (χ1v) is 10.6. The van der Waals surface area contributed by atoms with Crippen molar-refractivity contribution in [1.82, 2.24) is 9.55 Å². The van der Waals surface area contributed by atoms with E-state index in [1.54, 1.807) is 7.11 Å². The van der Waals surface area contributed by atoms with Crippen LogP contribution < -0.4 is 14.2 Å². The molecule has 5 nitrogen and oxygen atoms in total. The van der Waals surface area contributed by atoms with Crippen molar-refractivity contribution >= 4 is 11.0 Å². The minimum atomic E-state index is 0.393. The summed E-state index contributed by atoms with van der Waals surface area (Å²) in [4.78, 5) is 4.79. The number of ether oxygens (including phenoxy) is 3. The Morgan fingerprint density at radius 2 is 1.55 bits per heavy atom. The first-order valence-electron chi connectivity index (χ1n) is 10.6. The predicted octanol–water partition coefficient (Wildman–Crippen LogP) is 5.83. The lowest BCUT2D eigenvalue weighted by atomic mass is 10.0. The highest BCUT2D eigenvalue weighted by atomic mass is 16.5. The molecule has 0 radical (unpaired) electrons. The van der Waals surface area contributed by atoms with Gasteiger partial charge >= 0.3 is 0 Å². The topological polar surface area (TPSA) is 45.5 Å². The summed E-state index contributed by atoms with van der Waals surface area (Å²) in [7, 11) is 1.65. The average molecular weight is 417 g/mol. The normalized spacial score (nSPS) is 11.1. The van der Waals surface area contributed by atoms with Crippen LogP contribution in [0.4, 0.5) is 0 Å². The van der Waals surface area contributed by atoms with Gasteiger partial charge in [0.25, 0.3) is 0 Å². The molecule has 0 bridgehead atoms. The van der Waals surface area contributed by atoms with Crippen LogP contribution in [0, 0.1) is 0 Å². The van der Waals surface area contributed by atoms with Gasteiger partial charge in [-0.15, -0.1) is 0 Å². The highest BCUT2D eigenvalue weighted by molar-refractivity contribution is 5.75. The molecule has 0 amide bonds.